The van der Waals surface area contributed by atoms with Crippen molar-refractivity contribution in [2.75, 3.05) is 32.6 Å². The van der Waals surface area contributed by atoms with Crippen LogP contribution in [0.1, 0.15) is 31.7 Å². The molecule has 0 amide bonds. The van der Waals surface area contributed by atoms with Crippen LogP contribution in [-0.4, -0.2) is 32.6 Å². The minimum Gasteiger partial charge on any atom is -0.385 e. The third-order valence-electron chi connectivity index (χ3n) is 3.78. The second kappa shape index (κ2) is 6.78. The molecule has 1 aromatic rings. The van der Waals surface area contributed by atoms with Crippen LogP contribution < -0.4 is 5.32 Å². The summed E-state index contributed by atoms with van der Waals surface area (Å²) < 4.78 is 5.17. The summed E-state index contributed by atoms with van der Waals surface area (Å²) in [4.78, 5) is 1.47. The Morgan fingerprint density at radius 1 is 1.37 bits per heavy atom. The van der Waals surface area contributed by atoms with E-state index in [1.54, 1.807) is 7.11 Å². The van der Waals surface area contributed by atoms with Gasteiger partial charge in [0.05, 0.1) is 0 Å². The average molecular weight is 279 g/mol. The van der Waals surface area contributed by atoms with Crippen LogP contribution in [0, 0.1) is 5.41 Å². The van der Waals surface area contributed by atoms with Gasteiger partial charge < -0.3 is 10.1 Å². The van der Waals surface area contributed by atoms with Crippen LogP contribution in [0.15, 0.2) is 29.2 Å². The first kappa shape index (κ1) is 14.9. The Kier molecular flexibility index (Phi) is 5.31. The number of ether oxygens (including phenoxy) is 1. The van der Waals surface area contributed by atoms with Crippen molar-refractivity contribution in [3.63, 3.8) is 0 Å². The molecule has 1 aliphatic rings. The van der Waals surface area contributed by atoms with Gasteiger partial charge in [-0.1, -0.05) is 32.0 Å². The normalized spacial score (nSPS) is 18.6. The van der Waals surface area contributed by atoms with Gasteiger partial charge in [0.2, 0.25) is 0 Å². The maximum absolute atomic E-state index is 5.17. The SMILES string of the molecule is COCCC(C)(C)CNCC1CSc2ccccc21. The molecule has 1 heterocycles. The van der Waals surface area contributed by atoms with Crippen LogP contribution in [0.4, 0.5) is 0 Å². The maximum atomic E-state index is 5.17. The van der Waals surface area contributed by atoms with E-state index >= 15 is 0 Å². The fourth-order valence-electron chi connectivity index (χ4n) is 2.45. The Hall–Kier alpha value is -0.510. The van der Waals surface area contributed by atoms with Gasteiger partial charge in [-0.05, 0) is 23.5 Å². The molecule has 19 heavy (non-hydrogen) atoms. The van der Waals surface area contributed by atoms with E-state index in [9.17, 15) is 0 Å². The Balaban J connectivity index is 1.78. The third kappa shape index (κ3) is 4.23. The Bertz CT molecular complexity index is 405. The Labute approximate surface area is 121 Å². The van der Waals surface area contributed by atoms with E-state index < -0.39 is 0 Å². The summed E-state index contributed by atoms with van der Waals surface area (Å²) in [5, 5.41) is 3.65. The topological polar surface area (TPSA) is 21.3 Å². The molecule has 0 bridgehead atoms. The molecule has 2 nitrogen and oxygen atoms in total. The molecule has 1 N–H and O–H groups in total. The lowest BCUT2D eigenvalue weighted by molar-refractivity contribution is 0.150. The Morgan fingerprint density at radius 2 is 2.16 bits per heavy atom. The van der Waals surface area contributed by atoms with E-state index in [2.05, 4.69) is 43.4 Å². The molecule has 1 aliphatic heterocycles. The monoisotopic (exact) mass is 279 g/mol. The molecule has 0 radical (unpaired) electrons. The number of hydrogen-bond donors (Lipinski definition) is 1. The standard InChI is InChI=1S/C16H25NOS/c1-16(2,8-9-18-3)12-17-10-13-11-19-15-7-5-4-6-14(13)15/h4-7,13,17H,8-12H2,1-3H3. The summed E-state index contributed by atoms with van der Waals surface area (Å²) in [6.45, 7) is 7.59. The molecule has 2 rings (SSSR count). The summed E-state index contributed by atoms with van der Waals surface area (Å²) in [5.74, 6) is 1.88. The van der Waals surface area contributed by atoms with Crippen molar-refractivity contribution >= 4 is 11.8 Å². The number of nitrogens with one attached hydrogen (secondary N) is 1. The molecule has 1 atom stereocenters. The van der Waals surface area contributed by atoms with Crippen LogP contribution in [0.2, 0.25) is 0 Å². The van der Waals surface area contributed by atoms with Crippen molar-refractivity contribution in [2.45, 2.75) is 31.1 Å². The molecule has 1 aromatic carbocycles. The van der Waals surface area contributed by atoms with E-state index in [0.29, 0.717) is 11.3 Å². The molecule has 0 aliphatic carbocycles. The zero-order chi connectivity index (χ0) is 13.7. The van der Waals surface area contributed by atoms with Crippen LogP contribution >= 0.6 is 11.8 Å². The summed E-state index contributed by atoms with van der Waals surface area (Å²) in [6.07, 6.45) is 1.10. The van der Waals surface area contributed by atoms with E-state index in [4.69, 9.17) is 4.74 Å². The highest BCUT2D eigenvalue weighted by Crippen LogP contribution is 2.38. The van der Waals surface area contributed by atoms with Gasteiger partial charge in [0, 0.05) is 43.4 Å². The molecule has 0 fully saturated rings. The molecule has 106 valence electrons. The van der Waals surface area contributed by atoms with Crippen molar-refractivity contribution in [3.8, 4) is 0 Å². The molecule has 0 spiro atoms. The molecule has 0 aromatic heterocycles. The molecule has 1 unspecified atom stereocenters. The predicted molar refractivity (Wildman–Crippen MR) is 83.1 cm³/mol. The first-order valence-corrected chi connectivity index (χ1v) is 8.02. The van der Waals surface area contributed by atoms with Gasteiger partial charge in [0.1, 0.15) is 0 Å². The molecular weight excluding hydrogens is 254 g/mol. The molecule has 0 saturated carbocycles. The highest BCUT2D eigenvalue weighted by Gasteiger charge is 2.23. The zero-order valence-electron chi connectivity index (χ0n) is 12.2. The number of fused-ring (bicyclic) bond motifs is 1. The maximum Gasteiger partial charge on any atom is 0.0467 e. The lowest BCUT2D eigenvalue weighted by Crippen LogP contribution is -2.33. The number of thioether (sulfide) groups is 1. The van der Waals surface area contributed by atoms with Gasteiger partial charge in [0.25, 0.3) is 0 Å². The zero-order valence-corrected chi connectivity index (χ0v) is 13.1. The summed E-state index contributed by atoms with van der Waals surface area (Å²) in [6, 6.07) is 8.80. The summed E-state index contributed by atoms with van der Waals surface area (Å²) >= 11 is 1.99. The Morgan fingerprint density at radius 3 is 2.95 bits per heavy atom. The predicted octanol–water partition coefficient (Wildman–Crippen LogP) is 3.53. The minimum atomic E-state index is 0.307. The second-order valence-corrected chi connectivity index (χ2v) is 7.15. The molecule has 0 saturated heterocycles. The summed E-state index contributed by atoms with van der Waals surface area (Å²) in [7, 11) is 1.77. The highest BCUT2D eigenvalue weighted by molar-refractivity contribution is 7.99. The van der Waals surface area contributed by atoms with Crippen molar-refractivity contribution in [1.29, 1.82) is 0 Å². The first-order chi connectivity index (χ1) is 9.12. The van der Waals surface area contributed by atoms with Crippen LogP contribution in [-0.2, 0) is 4.74 Å². The van der Waals surface area contributed by atoms with E-state index in [1.165, 1.54) is 16.2 Å². The highest BCUT2D eigenvalue weighted by atomic mass is 32.2. The van der Waals surface area contributed by atoms with Crippen molar-refractivity contribution in [1.82, 2.24) is 5.32 Å². The van der Waals surface area contributed by atoms with Gasteiger partial charge in [-0.25, -0.2) is 0 Å². The largest absolute Gasteiger partial charge is 0.385 e. The van der Waals surface area contributed by atoms with Crippen LogP contribution in [0.3, 0.4) is 0 Å². The molecular formula is C16H25NOS. The summed E-state index contributed by atoms with van der Waals surface area (Å²) in [5.41, 5.74) is 1.83. The lowest BCUT2D eigenvalue weighted by Gasteiger charge is -2.25. The fraction of sp³-hybridized carbons (Fsp3) is 0.625. The second-order valence-electron chi connectivity index (χ2n) is 6.08. The van der Waals surface area contributed by atoms with E-state index in [-0.39, 0.29) is 0 Å². The van der Waals surface area contributed by atoms with Crippen LogP contribution in [0.25, 0.3) is 0 Å². The third-order valence-corrected chi connectivity index (χ3v) is 5.03. The average Bonchev–Trinajstić information content (AvgIpc) is 2.80. The fourth-order valence-corrected chi connectivity index (χ4v) is 3.70. The van der Waals surface area contributed by atoms with Gasteiger partial charge in [-0.3, -0.25) is 0 Å². The minimum absolute atomic E-state index is 0.307. The number of hydrogen-bond acceptors (Lipinski definition) is 3. The van der Waals surface area contributed by atoms with E-state index in [0.717, 1.165) is 26.1 Å². The number of rotatable bonds is 7. The van der Waals surface area contributed by atoms with Gasteiger partial charge in [0.15, 0.2) is 0 Å². The van der Waals surface area contributed by atoms with Gasteiger partial charge in [-0.15, -0.1) is 11.8 Å². The van der Waals surface area contributed by atoms with Gasteiger partial charge >= 0.3 is 0 Å². The number of benzene rings is 1. The number of methoxy groups -OCH3 is 1. The van der Waals surface area contributed by atoms with Crippen molar-refractivity contribution in [3.05, 3.63) is 29.8 Å². The smallest absolute Gasteiger partial charge is 0.0467 e. The van der Waals surface area contributed by atoms with Gasteiger partial charge in [-0.2, -0.15) is 0 Å². The van der Waals surface area contributed by atoms with Crippen molar-refractivity contribution in [2.24, 2.45) is 5.41 Å². The lowest BCUT2D eigenvalue weighted by atomic mass is 9.89. The first-order valence-electron chi connectivity index (χ1n) is 7.04. The quantitative estimate of drug-likeness (QED) is 0.825. The molecule has 3 heteroatoms. The van der Waals surface area contributed by atoms with E-state index in [1.807, 2.05) is 11.8 Å². The van der Waals surface area contributed by atoms with Crippen molar-refractivity contribution < 1.29 is 4.74 Å². The van der Waals surface area contributed by atoms with Crippen LogP contribution in [0.5, 0.6) is 0 Å².